The summed E-state index contributed by atoms with van der Waals surface area (Å²) in [6.45, 7) is 0. The number of anilines is 1. The second-order valence-electron chi connectivity index (χ2n) is 3.56. The van der Waals surface area contributed by atoms with E-state index in [4.69, 9.17) is 0 Å². The first kappa shape index (κ1) is 9.21. The van der Waals surface area contributed by atoms with Gasteiger partial charge in [0.1, 0.15) is 0 Å². The number of hydrogen-bond donors (Lipinski definition) is 1. The molecule has 3 heteroatoms. The van der Waals surface area contributed by atoms with Crippen molar-refractivity contribution in [2.75, 3.05) is 19.0 Å². The Labute approximate surface area is 83.7 Å². The van der Waals surface area contributed by atoms with Gasteiger partial charge < -0.3 is 10.2 Å². The molecule has 1 N–H and O–H groups in total. The Bertz CT molecular complexity index is 362. The molecule has 1 unspecified atom stereocenters. The highest BCUT2D eigenvalue weighted by molar-refractivity contribution is 5.96. The van der Waals surface area contributed by atoms with Crippen LogP contribution in [0.15, 0.2) is 24.3 Å². The summed E-state index contributed by atoms with van der Waals surface area (Å²) in [6.07, 6.45) is 0.546. The van der Waals surface area contributed by atoms with E-state index in [0.29, 0.717) is 6.42 Å². The number of rotatable bonds is 1. The molecule has 14 heavy (non-hydrogen) atoms. The second kappa shape index (κ2) is 3.42. The summed E-state index contributed by atoms with van der Waals surface area (Å²) in [5.41, 5.74) is 2.22. The van der Waals surface area contributed by atoms with Crippen LogP contribution in [0.25, 0.3) is 0 Å². The van der Waals surface area contributed by atoms with Gasteiger partial charge in [0.2, 0.25) is 5.91 Å². The van der Waals surface area contributed by atoms with Gasteiger partial charge in [-0.05, 0) is 18.7 Å². The molecule has 0 fully saturated rings. The van der Waals surface area contributed by atoms with Crippen molar-refractivity contribution < 1.29 is 4.79 Å². The fourth-order valence-corrected chi connectivity index (χ4v) is 1.90. The standard InChI is InChI=1S/C11H14N2O/c1-12-9-7-11(14)13(2)10-6-4-3-5-8(9)10/h3-6,9,12H,7H2,1-2H3. The van der Waals surface area contributed by atoms with Crippen LogP contribution < -0.4 is 10.2 Å². The summed E-state index contributed by atoms with van der Waals surface area (Å²) in [6, 6.07) is 8.18. The first-order valence-electron chi connectivity index (χ1n) is 4.77. The van der Waals surface area contributed by atoms with Gasteiger partial charge in [-0.2, -0.15) is 0 Å². The summed E-state index contributed by atoms with van der Waals surface area (Å²) in [7, 11) is 3.72. The van der Waals surface area contributed by atoms with E-state index in [1.807, 2.05) is 32.3 Å². The average molecular weight is 190 g/mol. The summed E-state index contributed by atoms with van der Waals surface area (Å²) in [5.74, 6) is 0.169. The van der Waals surface area contributed by atoms with E-state index in [9.17, 15) is 4.79 Å². The molecule has 1 aromatic carbocycles. The van der Waals surface area contributed by atoms with Crippen molar-refractivity contribution in [3.05, 3.63) is 29.8 Å². The predicted octanol–water partition coefficient (Wildman–Crippen LogP) is 1.31. The summed E-state index contributed by atoms with van der Waals surface area (Å²) in [5, 5.41) is 3.16. The molecule has 1 aliphatic heterocycles. The quantitative estimate of drug-likeness (QED) is 0.724. The molecular weight excluding hydrogens is 176 g/mol. The normalized spacial score (nSPS) is 20.9. The van der Waals surface area contributed by atoms with Crippen molar-refractivity contribution in [3.8, 4) is 0 Å². The van der Waals surface area contributed by atoms with Crippen LogP contribution in [0.4, 0.5) is 5.69 Å². The molecule has 2 rings (SSSR count). The van der Waals surface area contributed by atoms with Gasteiger partial charge >= 0.3 is 0 Å². The van der Waals surface area contributed by atoms with Crippen molar-refractivity contribution in [1.82, 2.24) is 5.32 Å². The smallest absolute Gasteiger partial charge is 0.228 e. The molecule has 0 saturated carbocycles. The van der Waals surface area contributed by atoms with Crippen molar-refractivity contribution in [3.63, 3.8) is 0 Å². The fourth-order valence-electron chi connectivity index (χ4n) is 1.90. The average Bonchev–Trinajstić information content (AvgIpc) is 2.23. The van der Waals surface area contributed by atoms with Crippen molar-refractivity contribution in [1.29, 1.82) is 0 Å². The Morgan fingerprint density at radius 1 is 1.43 bits per heavy atom. The molecule has 74 valence electrons. The SMILES string of the molecule is CNC1CC(=O)N(C)c2ccccc21. The van der Waals surface area contributed by atoms with Gasteiger partial charge in [-0.3, -0.25) is 4.79 Å². The van der Waals surface area contributed by atoms with E-state index < -0.39 is 0 Å². The Morgan fingerprint density at radius 3 is 2.86 bits per heavy atom. The molecule has 1 amide bonds. The lowest BCUT2D eigenvalue weighted by atomic mass is 9.96. The maximum Gasteiger partial charge on any atom is 0.228 e. The van der Waals surface area contributed by atoms with E-state index in [0.717, 1.165) is 5.69 Å². The van der Waals surface area contributed by atoms with E-state index in [1.165, 1.54) is 5.56 Å². The molecule has 0 aromatic heterocycles. The zero-order valence-corrected chi connectivity index (χ0v) is 8.45. The number of carbonyl (C=O) groups is 1. The molecule has 1 heterocycles. The molecule has 0 saturated heterocycles. The van der Waals surface area contributed by atoms with Crippen LogP contribution in [0.1, 0.15) is 18.0 Å². The van der Waals surface area contributed by atoms with Gasteiger partial charge in [-0.15, -0.1) is 0 Å². The largest absolute Gasteiger partial charge is 0.315 e. The molecule has 3 nitrogen and oxygen atoms in total. The molecule has 1 aromatic rings. The van der Waals surface area contributed by atoms with Crippen molar-refractivity contribution in [2.45, 2.75) is 12.5 Å². The van der Waals surface area contributed by atoms with Crippen LogP contribution in [0.5, 0.6) is 0 Å². The minimum absolute atomic E-state index is 0.162. The summed E-state index contributed by atoms with van der Waals surface area (Å²) >= 11 is 0. The highest BCUT2D eigenvalue weighted by Gasteiger charge is 2.27. The van der Waals surface area contributed by atoms with Gasteiger partial charge in [0, 0.05) is 25.2 Å². The van der Waals surface area contributed by atoms with Crippen LogP contribution in [0.3, 0.4) is 0 Å². The van der Waals surface area contributed by atoms with E-state index in [1.54, 1.807) is 4.90 Å². The monoisotopic (exact) mass is 190 g/mol. The highest BCUT2D eigenvalue weighted by Crippen LogP contribution is 2.32. The van der Waals surface area contributed by atoms with Gasteiger partial charge in [0.05, 0.1) is 0 Å². The molecule has 1 aliphatic rings. The van der Waals surface area contributed by atoms with Crippen LogP contribution in [-0.2, 0) is 4.79 Å². The maximum absolute atomic E-state index is 11.6. The minimum Gasteiger partial charge on any atom is -0.315 e. The Balaban J connectivity index is 2.49. The van der Waals surface area contributed by atoms with Crippen LogP contribution >= 0.6 is 0 Å². The number of fused-ring (bicyclic) bond motifs is 1. The second-order valence-corrected chi connectivity index (χ2v) is 3.56. The lowest BCUT2D eigenvalue weighted by molar-refractivity contribution is -0.119. The first-order chi connectivity index (χ1) is 6.74. The predicted molar refractivity (Wildman–Crippen MR) is 56.3 cm³/mol. The third-order valence-corrected chi connectivity index (χ3v) is 2.77. The van der Waals surface area contributed by atoms with Gasteiger partial charge in [0.15, 0.2) is 0 Å². The fraction of sp³-hybridized carbons (Fsp3) is 0.364. The minimum atomic E-state index is 0.162. The van der Waals surface area contributed by atoms with Crippen molar-refractivity contribution >= 4 is 11.6 Å². The zero-order chi connectivity index (χ0) is 10.1. The molecule has 0 spiro atoms. The topological polar surface area (TPSA) is 32.3 Å². The third kappa shape index (κ3) is 1.30. The van der Waals surface area contributed by atoms with Crippen LogP contribution in [0, 0.1) is 0 Å². The Morgan fingerprint density at radius 2 is 2.14 bits per heavy atom. The van der Waals surface area contributed by atoms with Gasteiger partial charge in [0.25, 0.3) is 0 Å². The van der Waals surface area contributed by atoms with Crippen LogP contribution in [-0.4, -0.2) is 20.0 Å². The molecule has 0 bridgehead atoms. The maximum atomic E-state index is 11.6. The van der Waals surface area contributed by atoms with Crippen LogP contribution in [0.2, 0.25) is 0 Å². The lowest BCUT2D eigenvalue weighted by Gasteiger charge is -2.31. The van der Waals surface area contributed by atoms with E-state index >= 15 is 0 Å². The number of nitrogens with zero attached hydrogens (tertiary/aromatic N) is 1. The lowest BCUT2D eigenvalue weighted by Crippen LogP contribution is -2.36. The zero-order valence-electron chi connectivity index (χ0n) is 8.45. The Kier molecular flexibility index (Phi) is 2.25. The molecule has 0 radical (unpaired) electrons. The van der Waals surface area contributed by atoms with Gasteiger partial charge in [-0.1, -0.05) is 18.2 Å². The molecule has 0 aliphatic carbocycles. The third-order valence-electron chi connectivity index (χ3n) is 2.77. The Hall–Kier alpha value is -1.35. The van der Waals surface area contributed by atoms with E-state index in [2.05, 4.69) is 11.4 Å². The number of nitrogens with one attached hydrogen (secondary N) is 1. The van der Waals surface area contributed by atoms with Gasteiger partial charge in [-0.25, -0.2) is 0 Å². The summed E-state index contributed by atoms with van der Waals surface area (Å²) < 4.78 is 0. The molecule has 1 atom stereocenters. The number of amides is 1. The number of hydrogen-bond acceptors (Lipinski definition) is 2. The summed E-state index contributed by atoms with van der Waals surface area (Å²) in [4.78, 5) is 13.3. The van der Waals surface area contributed by atoms with Crippen molar-refractivity contribution in [2.24, 2.45) is 0 Å². The number of carbonyl (C=O) groups excluding carboxylic acids is 1. The first-order valence-corrected chi connectivity index (χ1v) is 4.77. The molecular formula is C11H14N2O. The number of para-hydroxylation sites is 1. The highest BCUT2D eigenvalue weighted by atomic mass is 16.2. The number of benzene rings is 1. The van der Waals surface area contributed by atoms with E-state index in [-0.39, 0.29) is 11.9 Å².